The molecule has 1 fully saturated rings. The van der Waals surface area contributed by atoms with E-state index >= 15 is 0 Å². The van der Waals surface area contributed by atoms with Gasteiger partial charge in [-0.3, -0.25) is 4.40 Å². The number of aromatic nitrogens is 2. The molecule has 1 aliphatic heterocycles. The van der Waals surface area contributed by atoms with E-state index in [4.69, 9.17) is 9.72 Å². The average Bonchev–Trinajstić information content (AvgIpc) is 3.26. The molecule has 25 heavy (non-hydrogen) atoms. The fourth-order valence-corrected chi connectivity index (χ4v) is 3.57. The first-order chi connectivity index (χ1) is 12.2. The van der Waals surface area contributed by atoms with Gasteiger partial charge in [-0.05, 0) is 42.5 Å². The van der Waals surface area contributed by atoms with Crippen LogP contribution >= 0.6 is 0 Å². The Morgan fingerprint density at radius 3 is 2.96 bits per heavy atom. The number of imidazole rings is 1. The van der Waals surface area contributed by atoms with Crippen LogP contribution in [0.2, 0.25) is 0 Å². The van der Waals surface area contributed by atoms with Crippen LogP contribution in [-0.4, -0.2) is 28.6 Å². The molecule has 0 saturated carbocycles. The van der Waals surface area contributed by atoms with E-state index in [2.05, 4.69) is 35.7 Å². The lowest BCUT2D eigenvalue weighted by Crippen LogP contribution is -2.20. The Morgan fingerprint density at radius 1 is 1.40 bits per heavy atom. The number of hydrogen-bond acceptors (Lipinski definition) is 4. The van der Waals surface area contributed by atoms with E-state index < -0.39 is 0 Å². The number of ether oxygens (including phenoxy) is 1. The second kappa shape index (κ2) is 6.38. The van der Waals surface area contributed by atoms with Gasteiger partial charge in [0, 0.05) is 13.2 Å². The third-order valence-corrected chi connectivity index (χ3v) is 4.87. The lowest BCUT2D eigenvalue weighted by Gasteiger charge is -2.17. The summed E-state index contributed by atoms with van der Waals surface area (Å²) in [6, 6.07) is 12.5. The summed E-state index contributed by atoms with van der Waals surface area (Å²) in [5, 5.41) is 13.3. The Kier molecular flexibility index (Phi) is 4.06. The fraction of sp³-hybridized carbons (Fsp3) is 0.400. The Labute approximate surface area is 147 Å². The molecule has 0 aliphatic carbocycles. The predicted octanol–water partition coefficient (Wildman–Crippen LogP) is 4.07. The maximum atomic E-state index is 9.74. The SMILES string of the molecule is CC(C)c1cc(NC[C@H]2CCCO2)n2c(nc3ccccc32)c1C#N. The second-order valence-electron chi connectivity index (χ2n) is 6.90. The molecule has 1 aliphatic rings. The molecule has 0 amide bonds. The number of nitrogens with zero attached hydrogens (tertiary/aromatic N) is 3. The minimum Gasteiger partial charge on any atom is -0.376 e. The van der Waals surface area contributed by atoms with E-state index in [-0.39, 0.29) is 12.0 Å². The summed E-state index contributed by atoms with van der Waals surface area (Å²) in [4.78, 5) is 4.74. The standard InChI is InChI=1S/C20H22N4O/c1-13(2)15-10-19(22-12-14-6-5-9-25-14)24-18-8-4-3-7-17(18)23-20(24)16(15)11-21/h3-4,7-8,10,13-14,22H,5-6,9,12H2,1-2H3/t14-/m1/s1. The molecule has 5 nitrogen and oxygen atoms in total. The molecule has 128 valence electrons. The minimum atomic E-state index is 0.253. The third-order valence-electron chi connectivity index (χ3n) is 4.87. The summed E-state index contributed by atoms with van der Waals surface area (Å²) in [6.45, 7) is 5.84. The Hall–Kier alpha value is -2.58. The molecular formula is C20H22N4O. The largest absolute Gasteiger partial charge is 0.376 e. The molecule has 0 radical (unpaired) electrons. The van der Waals surface area contributed by atoms with Crippen LogP contribution < -0.4 is 5.32 Å². The first-order valence-electron chi connectivity index (χ1n) is 8.88. The summed E-state index contributed by atoms with van der Waals surface area (Å²) >= 11 is 0. The molecule has 5 heteroatoms. The molecule has 1 aromatic carbocycles. The molecule has 1 atom stereocenters. The van der Waals surface area contributed by atoms with Gasteiger partial charge in [0.1, 0.15) is 11.9 Å². The highest BCUT2D eigenvalue weighted by Crippen LogP contribution is 2.30. The molecule has 3 heterocycles. The monoisotopic (exact) mass is 334 g/mol. The van der Waals surface area contributed by atoms with Gasteiger partial charge in [-0.2, -0.15) is 5.26 Å². The van der Waals surface area contributed by atoms with Crippen molar-refractivity contribution in [3.8, 4) is 6.07 Å². The van der Waals surface area contributed by atoms with E-state index in [0.717, 1.165) is 54.1 Å². The molecule has 2 aromatic heterocycles. The highest BCUT2D eigenvalue weighted by molar-refractivity contribution is 5.85. The van der Waals surface area contributed by atoms with Crippen LogP contribution in [0.5, 0.6) is 0 Å². The van der Waals surface area contributed by atoms with Crippen molar-refractivity contribution in [3.63, 3.8) is 0 Å². The minimum absolute atomic E-state index is 0.253. The highest BCUT2D eigenvalue weighted by Gasteiger charge is 2.20. The molecule has 0 bridgehead atoms. The fourth-order valence-electron chi connectivity index (χ4n) is 3.57. The zero-order valence-corrected chi connectivity index (χ0v) is 14.6. The average molecular weight is 334 g/mol. The normalized spacial score (nSPS) is 17.4. The third kappa shape index (κ3) is 2.73. The molecule has 1 saturated heterocycles. The number of benzene rings is 1. The van der Waals surface area contributed by atoms with Crippen molar-refractivity contribution in [3.05, 3.63) is 41.5 Å². The highest BCUT2D eigenvalue weighted by atomic mass is 16.5. The maximum absolute atomic E-state index is 9.74. The topological polar surface area (TPSA) is 62.4 Å². The van der Waals surface area contributed by atoms with Crippen molar-refractivity contribution in [1.82, 2.24) is 9.38 Å². The molecule has 0 spiro atoms. The summed E-state index contributed by atoms with van der Waals surface area (Å²) in [5.41, 5.74) is 4.33. The zero-order chi connectivity index (χ0) is 17.4. The van der Waals surface area contributed by atoms with Crippen LogP contribution in [0, 0.1) is 11.3 Å². The van der Waals surface area contributed by atoms with Gasteiger partial charge >= 0.3 is 0 Å². The summed E-state index contributed by atoms with van der Waals surface area (Å²) in [5.74, 6) is 1.23. The number of anilines is 1. The predicted molar refractivity (Wildman–Crippen MR) is 99.0 cm³/mol. The van der Waals surface area contributed by atoms with Gasteiger partial charge < -0.3 is 10.1 Å². The smallest absolute Gasteiger partial charge is 0.157 e. The number of rotatable bonds is 4. The molecular weight excluding hydrogens is 312 g/mol. The lowest BCUT2D eigenvalue weighted by molar-refractivity contribution is 0.120. The Bertz CT molecular complexity index is 961. The van der Waals surface area contributed by atoms with Crippen molar-refractivity contribution in [1.29, 1.82) is 5.26 Å². The molecule has 3 aromatic rings. The molecule has 4 rings (SSSR count). The van der Waals surface area contributed by atoms with Crippen molar-refractivity contribution in [2.24, 2.45) is 0 Å². The molecule has 0 unspecified atom stereocenters. The summed E-state index contributed by atoms with van der Waals surface area (Å²) in [7, 11) is 0. The number of para-hydroxylation sites is 2. The Balaban J connectivity index is 1.90. The Morgan fingerprint density at radius 2 is 2.24 bits per heavy atom. The van der Waals surface area contributed by atoms with Crippen LogP contribution in [0.1, 0.15) is 43.7 Å². The maximum Gasteiger partial charge on any atom is 0.157 e. The van der Waals surface area contributed by atoms with Crippen molar-refractivity contribution in [2.75, 3.05) is 18.5 Å². The second-order valence-corrected chi connectivity index (χ2v) is 6.90. The van der Waals surface area contributed by atoms with Gasteiger partial charge in [0.25, 0.3) is 0 Å². The van der Waals surface area contributed by atoms with Gasteiger partial charge in [-0.25, -0.2) is 4.98 Å². The van der Waals surface area contributed by atoms with Crippen molar-refractivity contribution < 1.29 is 4.74 Å². The van der Waals surface area contributed by atoms with Gasteiger partial charge in [0.05, 0.1) is 22.7 Å². The number of hydrogen-bond donors (Lipinski definition) is 1. The van der Waals surface area contributed by atoms with E-state index in [1.54, 1.807) is 0 Å². The first kappa shape index (κ1) is 15.9. The summed E-state index contributed by atoms with van der Waals surface area (Å²) in [6.07, 6.45) is 2.47. The van der Waals surface area contributed by atoms with Gasteiger partial charge in [-0.1, -0.05) is 26.0 Å². The van der Waals surface area contributed by atoms with E-state index in [0.29, 0.717) is 5.56 Å². The summed E-state index contributed by atoms with van der Waals surface area (Å²) < 4.78 is 7.80. The van der Waals surface area contributed by atoms with E-state index in [1.807, 2.05) is 24.3 Å². The van der Waals surface area contributed by atoms with Crippen LogP contribution in [0.25, 0.3) is 16.7 Å². The zero-order valence-electron chi connectivity index (χ0n) is 14.6. The van der Waals surface area contributed by atoms with E-state index in [1.165, 1.54) is 0 Å². The quantitative estimate of drug-likeness (QED) is 0.781. The van der Waals surface area contributed by atoms with Crippen LogP contribution in [0.15, 0.2) is 30.3 Å². The van der Waals surface area contributed by atoms with Crippen molar-refractivity contribution >= 4 is 22.5 Å². The van der Waals surface area contributed by atoms with Crippen molar-refractivity contribution in [2.45, 2.75) is 38.7 Å². The first-order valence-corrected chi connectivity index (χ1v) is 8.88. The van der Waals surface area contributed by atoms with E-state index in [9.17, 15) is 5.26 Å². The van der Waals surface area contributed by atoms with Gasteiger partial charge in [-0.15, -0.1) is 0 Å². The van der Waals surface area contributed by atoms with Gasteiger partial charge in [0.2, 0.25) is 0 Å². The lowest BCUT2D eigenvalue weighted by atomic mass is 9.99. The number of fused-ring (bicyclic) bond motifs is 3. The van der Waals surface area contributed by atoms with Crippen LogP contribution in [-0.2, 0) is 4.74 Å². The number of nitriles is 1. The molecule has 1 N–H and O–H groups in total. The number of nitrogens with one attached hydrogen (secondary N) is 1. The van der Waals surface area contributed by atoms with Crippen LogP contribution in [0.4, 0.5) is 5.82 Å². The van der Waals surface area contributed by atoms with Gasteiger partial charge in [0.15, 0.2) is 5.65 Å². The van der Waals surface area contributed by atoms with Crippen LogP contribution in [0.3, 0.4) is 0 Å². The number of pyridine rings is 1.